The fraction of sp³-hybridized carbons (Fsp3) is 0.412. The predicted molar refractivity (Wildman–Crippen MR) is 92.5 cm³/mol. The molecule has 1 unspecified atom stereocenters. The quantitative estimate of drug-likeness (QED) is 0.712. The topological polar surface area (TPSA) is 12.0 Å². The molecule has 20 heavy (non-hydrogen) atoms. The molecule has 2 rings (SSSR count). The van der Waals surface area contributed by atoms with Gasteiger partial charge >= 0.3 is 0 Å². The summed E-state index contributed by atoms with van der Waals surface area (Å²) >= 11 is 5.43. The summed E-state index contributed by atoms with van der Waals surface area (Å²) in [6.07, 6.45) is 3.60. The molecule has 0 fully saturated rings. The Morgan fingerprint density at radius 1 is 1.25 bits per heavy atom. The van der Waals surface area contributed by atoms with Gasteiger partial charge in [-0.05, 0) is 67.4 Å². The maximum Gasteiger partial charge on any atom is 0.0177 e. The van der Waals surface area contributed by atoms with Gasteiger partial charge in [0, 0.05) is 9.35 Å². The highest BCUT2D eigenvalue weighted by molar-refractivity contribution is 9.10. The Morgan fingerprint density at radius 2 is 2.15 bits per heavy atom. The molecule has 0 aliphatic carbocycles. The summed E-state index contributed by atoms with van der Waals surface area (Å²) in [5, 5.41) is 5.67. The van der Waals surface area contributed by atoms with Crippen LogP contribution in [0.25, 0.3) is 0 Å². The minimum absolute atomic E-state index is 0.700. The standard InChI is InChI=1S/C17H22BrNS/c1-2-19-13-15(8-9-17-7-4-10-20-17)11-14-5-3-6-16(18)12-14/h3-7,10,12,15,19H,2,8-9,11,13H2,1H3. The van der Waals surface area contributed by atoms with Gasteiger partial charge in [-0.1, -0.05) is 41.1 Å². The van der Waals surface area contributed by atoms with Gasteiger partial charge in [0.15, 0.2) is 0 Å². The van der Waals surface area contributed by atoms with Crippen LogP contribution in [0.5, 0.6) is 0 Å². The molecule has 0 radical (unpaired) electrons. The third-order valence-corrected chi connectivity index (χ3v) is 4.90. The Morgan fingerprint density at radius 3 is 2.85 bits per heavy atom. The van der Waals surface area contributed by atoms with E-state index in [0.29, 0.717) is 5.92 Å². The van der Waals surface area contributed by atoms with Gasteiger partial charge in [-0.25, -0.2) is 0 Å². The lowest BCUT2D eigenvalue weighted by Gasteiger charge is -2.17. The summed E-state index contributed by atoms with van der Waals surface area (Å²) in [6.45, 7) is 4.33. The van der Waals surface area contributed by atoms with Crippen molar-refractivity contribution < 1.29 is 0 Å². The van der Waals surface area contributed by atoms with Crippen LogP contribution in [-0.4, -0.2) is 13.1 Å². The third-order valence-electron chi connectivity index (χ3n) is 3.48. The van der Waals surface area contributed by atoms with Crippen LogP contribution >= 0.6 is 27.3 Å². The first kappa shape index (κ1) is 15.7. The van der Waals surface area contributed by atoms with E-state index in [1.807, 2.05) is 11.3 Å². The van der Waals surface area contributed by atoms with E-state index in [1.165, 1.54) is 27.8 Å². The molecule has 108 valence electrons. The summed E-state index contributed by atoms with van der Waals surface area (Å²) in [5.74, 6) is 0.700. The molecule has 0 saturated carbocycles. The fourth-order valence-corrected chi connectivity index (χ4v) is 3.59. The van der Waals surface area contributed by atoms with Crippen molar-refractivity contribution in [2.24, 2.45) is 5.92 Å². The van der Waals surface area contributed by atoms with E-state index >= 15 is 0 Å². The number of aryl methyl sites for hydroxylation is 1. The monoisotopic (exact) mass is 351 g/mol. The molecular formula is C17H22BrNS. The van der Waals surface area contributed by atoms with E-state index in [9.17, 15) is 0 Å². The zero-order valence-corrected chi connectivity index (χ0v) is 14.3. The molecular weight excluding hydrogens is 330 g/mol. The Labute approximate surface area is 134 Å². The molecule has 1 heterocycles. The Balaban J connectivity index is 1.92. The van der Waals surface area contributed by atoms with E-state index in [4.69, 9.17) is 0 Å². The van der Waals surface area contributed by atoms with E-state index in [2.05, 4.69) is 69.9 Å². The summed E-state index contributed by atoms with van der Waals surface area (Å²) < 4.78 is 1.18. The number of hydrogen-bond donors (Lipinski definition) is 1. The van der Waals surface area contributed by atoms with Gasteiger partial charge in [-0.3, -0.25) is 0 Å². The maximum absolute atomic E-state index is 3.56. The second-order valence-corrected chi connectivity index (χ2v) is 7.07. The minimum atomic E-state index is 0.700. The van der Waals surface area contributed by atoms with Crippen LogP contribution in [0.1, 0.15) is 23.8 Å². The molecule has 0 aliphatic heterocycles. The molecule has 0 bridgehead atoms. The summed E-state index contributed by atoms with van der Waals surface area (Å²) in [7, 11) is 0. The Hall–Kier alpha value is -0.640. The van der Waals surface area contributed by atoms with E-state index in [1.54, 1.807) is 0 Å². The van der Waals surface area contributed by atoms with Gasteiger partial charge in [-0.2, -0.15) is 0 Å². The maximum atomic E-state index is 3.56. The molecule has 0 spiro atoms. The van der Waals surface area contributed by atoms with Crippen LogP contribution in [0.2, 0.25) is 0 Å². The van der Waals surface area contributed by atoms with Crippen molar-refractivity contribution in [3.63, 3.8) is 0 Å². The van der Waals surface area contributed by atoms with Crippen molar-refractivity contribution in [2.45, 2.75) is 26.2 Å². The molecule has 3 heteroatoms. The first-order valence-electron chi connectivity index (χ1n) is 7.25. The van der Waals surface area contributed by atoms with Crippen molar-refractivity contribution in [3.8, 4) is 0 Å². The number of thiophene rings is 1. The third kappa shape index (κ3) is 5.39. The lowest BCUT2D eigenvalue weighted by atomic mass is 9.94. The number of hydrogen-bond acceptors (Lipinski definition) is 2. The van der Waals surface area contributed by atoms with Gasteiger partial charge in [0.1, 0.15) is 0 Å². The average molecular weight is 352 g/mol. The zero-order chi connectivity index (χ0) is 14.2. The van der Waals surface area contributed by atoms with Crippen molar-refractivity contribution in [3.05, 3.63) is 56.7 Å². The highest BCUT2D eigenvalue weighted by Crippen LogP contribution is 2.20. The van der Waals surface area contributed by atoms with Gasteiger partial charge in [0.25, 0.3) is 0 Å². The minimum Gasteiger partial charge on any atom is -0.317 e. The number of halogens is 1. The highest BCUT2D eigenvalue weighted by Gasteiger charge is 2.10. The molecule has 0 amide bonds. The molecule has 0 aliphatic rings. The van der Waals surface area contributed by atoms with Gasteiger partial charge < -0.3 is 5.32 Å². The number of rotatable bonds is 8. The lowest BCUT2D eigenvalue weighted by Crippen LogP contribution is -2.24. The van der Waals surface area contributed by atoms with Crippen LogP contribution in [0.4, 0.5) is 0 Å². The summed E-state index contributed by atoms with van der Waals surface area (Å²) in [4.78, 5) is 1.50. The molecule has 1 aromatic carbocycles. The molecule has 1 aromatic heterocycles. The lowest BCUT2D eigenvalue weighted by molar-refractivity contribution is 0.450. The van der Waals surface area contributed by atoms with Crippen LogP contribution in [-0.2, 0) is 12.8 Å². The van der Waals surface area contributed by atoms with Gasteiger partial charge in [-0.15, -0.1) is 11.3 Å². The fourth-order valence-electron chi connectivity index (χ4n) is 2.42. The molecule has 0 saturated heterocycles. The first-order chi connectivity index (χ1) is 9.78. The van der Waals surface area contributed by atoms with Crippen LogP contribution in [0.15, 0.2) is 46.3 Å². The number of nitrogens with one attached hydrogen (secondary N) is 1. The summed E-state index contributed by atoms with van der Waals surface area (Å²) in [6, 6.07) is 13.1. The zero-order valence-electron chi connectivity index (χ0n) is 11.9. The highest BCUT2D eigenvalue weighted by atomic mass is 79.9. The van der Waals surface area contributed by atoms with Crippen molar-refractivity contribution in [1.82, 2.24) is 5.32 Å². The molecule has 1 nitrogen and oxygen atoms in total. The first-order valence-corrected chi connectivity index (χ1v) is 8.92. The summed E-state index contributed by atoms with van der Waals surface area (Å²) in [5.41, 5.74) is 1.42. The average Bonchev–Trinajstić information content (AvgIpc) is 2.95. The van der Waals surface area contributed by atoms with Crippen LogP contribution in [0.3, 0.4) is 0 Å². The van der Waals surface area contributed by atoms with E-state index in [-0.39, 0.29) is 0 Å². The van der Waals surface area contributed by atoms with Crippen LogP contribution in [0, 0.1) is 5.92 Å². The molecule has 1 N–H and O–H groups in total. The van der Waals surface area contributed by atoms with Gasteiger partial charge in [0.05, 0.1) is 0 Å². The van der Waals surface area contributed by atoms with Gasteiger partial charge in [0.2, 0.25) is 0 Å². The Kier molecular flexibility index (Phi) is 6.77. The molecule has 1 atom stereocenters. The van der Waals surface area contributed by atoms with E-state index < -0.39 is 0 Å². The predicted octanol–water partition coefficient (Wildman–Crippen LogP) is 4.91. The van der Waals surface area contributed by atoms with E-state index in [0.717, 1.165) is 19.5 Å². The Bertz CT molecular complexity index is 495. The van der Waals surface area contributed by atoms with Crippen molar-refractivity contribution in [1.29, 1.82) is 0 Å². The SMILES string of the molecule is CCNCC(CCc1cccs1)Cc1cccc(Br)c1. The van der Waals surface area contributed by atoms with Crippen molar-refractivity contribution >= 4 is 27.3 Å². The second kappa shape index (κ2) is 8.60. The van der Waals surface area contributed by atoms with Crippen LogP contribution < -0.4 is 5.32 Å². The smallest absolute Gasteiger partial charge is 0.0177 e. The largest absolute Gasteiger partial charge is 0.317 e. The number of benzene rings is 1. The van der Waals surface area contributed by atoms with Crippen molar-refractivity contribution in [2.75, 3.05) is 13.1 Å². The molecule has 2 aromatic rings. The normalized spacial score (nSPS) is 12.5. The second-order valence-electron chi connectivity index (χ2n) is 5.13.